The number of aromatic nitrogens is 3. The van der Waals surface area contributed by atoms with Gasteiger partial charge in [-0.05, 0) is 12.8 Å². The van der Waals surface area contributed by atoms with Crippen molar-refractivity contribution in [2.45, 2.75) is 38.8 Å². The molecule has 0 saturated carbocycles. The Morgan fingerprint density at radius 3 is 2.86 bits per heavy atom. The van der Waals surface area contributed by atoms with E-state index in [0.29, 0.717) is 13.0 Å². The molecule has 0 bridgehead atoms. The van der Waals surface area contributed by atoms with E-state index in [9.17, 15) is 13.2 Å². The van der Waals surface area contributed by atoms with Crippen molar-refractivity contribution in [3.8, 4) is 0 Å². The number of carbonyl (C=O) groups is 1. The van der Waals surface area contributed by atoms with Crippen molar-refractivity contribution in [3.63, 3.8) is 0 Å². The molecule has 118 valence electrons. The first kappa shape index (κ1) is 15.7. The van der Waals surface area contributed by atoms with Crippen LogP contribution in [0.25, 0.3) is 0 Å². The maximum atomic E-state index is 12.4. The van der Waals surface area contributed by atoms with E-state index >= 15 is 0 Å². The molecule has 1 saturated heterocycles. The predicted octanol–water partition coefficient (Wildman–Crippen LogP) is -0.324. The van der Waals surface area contributed by atoms with Gasteiger partial charge in [0.2, 0.25) is 11.9 Å². The highest BCUT2D eigenvalue weighted by molar-refractivity contribution is 7.91. The van der Waals surface area contributed by atoms with Gasteiger partial charge in [0.1, 0.15) is 12.9 Å². The minimum Gasteiger partial charge on any atom is -0.367 e. The summed E-state index contributed by atoms with van der Waals surface area (Å²) >= 11 is 0. The fraction of sp³-hybridized carbons (Fsp3) is 0.750. The van der Waals surface area contributed by atoms with Crippen molar-refractivity contribution < 1.29 is 13.2 Å². The molecule has 8 nitrogen and oxygen atoms in total. The predicted molar refractivity (Wildman–Crippen MR) is 78.1 cm³/mol. The number of hydrogen-bond acceptors (Lipinski definition) is 6. The first-order valence-electron chi connectivity index (χ1n) is 7.06. The fourth-order valence-electron chi connectivity index (χ4n) is 2.48. The van der Waals surface area contributed by atoms with Crippen LogP contribution in [-0.2, 0) is 21.2 Å². The molecule has 1 aliphatic heterocycles. The molecule has 2 rings (SSSR count). The largest absolute Gasteiger partial charge is 0.367 e. The summed E-state index contributed by atoms with van der Waals surface area (Å²) in [6, 6.07) is -0.227. The highest BCUT2D eigenvalue weighted by Crippen LogP contribution is 2.19. The Hall–Kier alpha value is -1.64. The number of amides is 1. The van der Waals surface area contributed by atoms with E-state index in [1.165, 1.54) is 11.0 Å². The van der Waals surface area contributed by atoms with E-state index < -0.39 is 9.84 Å². The molecule has 1 atom stereocenters. The van der Waals surface area contributed by atoms with Gasteiger partial charge in [-0.3, -0.25) is 4.79 Å². The maximum Gasteiger partial charge on any atom is 0.244 e. The average molecular weight is 315 g/mol. The molecule has 0 aromatic carbocycles. The molecule has 0 spiro atoms. The lowest BCUT2D eigenvalue weighted by atomic mass is 10.2. The van der Waals surface area contributed by atoms with E-state index in [0.717, 1.165) is 12.8 Å². The minimum atomic E-state index is -3.02. The van der Waals surface area contributed by atoms with Crippen LogP contribution in [0.1, 0.15) is 26.2 Å². The first-order chi connectivity index (χ1) is 9.91. The number of carbonyl (C=O) groups excluding carboxylic acids is 1. The second kappa shape index (κ2) is 6.42. The number of sulfone groups is 1. The zero-order chi connectivity index (χ0) is 15.5. The zero-order valence-corrected chi connectivity index (χ0v) is 12.9. The molecule has 21 heavy (non-hydrogen) atoms. The van der Waals surface area contributed by atoms with Crippen LogP contribution in [0, 0.1) is 0 Å². The summed E-state index contributed by atoms with van der Waals surface area (Å²) < 4.78 is 24.6. The molecule has 1 aromatic heterocycles. The second-order valence-corrected chi connectivity index (χ2v) is 7.53. The SMILES string of the molecule is CCCCN(C(=O)Cn1cnc(N)n1)C1CCS(=O)(=O)C1. The van der Waals surface area contributed by atoms with Gasteiger partial charge in [0.05, 0.1) is 11.5 Å². The van der Waals surface area contributed by atoms with Crippen LogP contribution in [0.4, 0.5) is 5.95 Å². The van der Waals surface area contributed by atoms with Gasteiger partial charge in [0.15, 0.2) is 9.84 Å². The molecule has 2 N–H and O–H groups in total. The van der Waals surface area contributed by atoms with E-state index in [1.807, 2.05) is 6.92 Å². The highest BCUT2D eigenvalue weighted by atomic mass is 32.2. The van der Waals surface area contributed by atoms with Crippen LogP contribution in [0.15, 0.2) is 6.33 Å². The Bertz CT molecular complexity index is 598. The summed E-state index contributed by atoms with van der Waals surface area (Å²) in [5.41, 5.74) is 5.42. The smallest absolute Gasteiger partial charge is 0.244 e. The fourth-order valence-corrected chi connectivity index (χ4v) is 4.21. The van der Waals surface area contributed by atoms with Gasteiger partial charge >= 0.3 is 0 Å². The number of nitrogens with zero attached hydrogens (tertiary/aromatic N) is 4. The number of unbranched alkanes of at least 4 members (excludes halogenated alkanes) is 1. The Morgan fingerprint density at radius 2 is 2.33 bits per heavy atom. The zero-order valence-electron chi connectivity index (χ0n) is 12.1. The molecule has 1 fully saturated rings. The molecule has 1 unspecified atom stereocenters. The van der Waals surface area contributed by atoms with Gasteiger partial charge in [-0.25, -0.2) is 18.1 Å². The quantitative estimate of drug-likeness (QED) is 0.770. The van der Waals surface area contributed by atoms with Crippen LogP contribution in [0.2, 0.25) is 0 Å². The lowest BCUT2D eigenvalue weighted by molar-refractivity contribution is -0.134. The number of anilines is 1. The Kier molecular flexibility index (Phi) is 4.81. The third kappa shape index (κ3) is 4.16. The van der Waals surface area contributed by atoms with Crippen molar-refractivity contribution >= 4 is 21.7 Å². The van der Waals surface area contributed by atoms with E-state index in [1.54, 1.807) is 4.90 Å². The summed E-state index contributed by atoms with van der Waals surface area (Å²) in [5, 5.41) is 3.89. The topological polar surface area (TPSA) is 111 Å². The molecule has 1 aromatic rings. The van der Waals surface area contributed by atoms with E-state index in [2.05, 4.69) is 10.1 Å². The van der Waals surface area contributed by atoms with Crippen molar-refractivity contribution in [3.05, 3.63) is 6.33 Å². The second-order valence-electron chi connectivity index (χ2n) is 5.30. The summed E-state index contributed by atoms with van der Waals surface area (Å²) in [7, 11) is -3.02. The third-order valence-electron chi connectivity index (χ3n) is 3.57. The monoisotopic (exact) mass is 315 g/mol. The van der Waals surface area contributed by atoms with Gasteiger partial charge in [0.25, 0.3) is 0 Å². The Morgan fingerprint density at radius 1 is 1.57 bits per heavy atom. The summed E-state index contributed by atoms with van der Waals surface area (Å²) in [5.74, 6) is 0.188. The van der Waals surface area contributed by atoms with Crippen molar-refractivity contribution in [1.82, 2.24) is 19.7 Å². The Balaban J connectivity index is 2.06. The van der Waals surface area contributed by atoms with Crippen LogP contribution >= 0.6 is 0 Å². The molecular formula is C12H21N5O3S. The lowest BCUT2D eigenvalue weighted by Gasteiger charge is -2.28. The van der Waals surface area contributed by atoms with Crippen molar-refractivity contribution in [2.75, 3.05) is 23.8 Å². The van der Waals surface area contributed by atoms with Crippen LogP contribution in [0.3, 0.4) is 0 Å². The molecule has 2 heterocycles. The number of nitrogens with two attached hydrogens (primary N) is 1. The van der Waals surface area contributed by atoms with E-state index in [-0.39, 0.29) is 35.9 Å². The van der Waals surface area contributed by atoms with Crippen LogP contribution < -0.4 is 5.73 Å². The summed E-state index contributed by atoms with van der Waals surface area (Å²) in [4.78, 5) is 17.9. The Labute approximate surface area is 124 Å². The molecule has 0 radical (unpaired) electrons. The average Bonchev–Trinajstić information content (AvgIpc) is 2.96. The standard InChI is InChI=1S/C12H21N5O3S/c1-2-3-5-17(10-4-6-21(19,20)8-10)11(18)7-16-9-14-12(13)15-16/h9-10H,2-8H2,1H3,(H2,13,15). The van der Waals surface area contributed by atoms with Gasteiger partial charge in [-0.15, -0.1) is 5.10 Å². The molecular weight excluding hydrogens is 294 g/mol. The molecule has 0 aliphatic carbocycles. The number of rotatable bonds is 6. The third-order valence-corrected chi connectivity index (χ3v) is 5.32. The van der Waals surface area contributed by atoms with E-state index in [4.69, 9.17) is 5.73 Å². The van der Waals surface area contributed by atoms with Crippen molar-refractivity contribution in [1.29, 1.82) is 0 Å². The van der Waals surface area contributed by atoms with Crippen LogP contribution in [0.5, 0.6) is 0 Å². The van der Waals surface area contributed by atoms with Crippen LogP contribution in [-0.4, -0.2) is 58.1 Å². The lowest BCUT2D eigenvalue weighted by Crippen LogP contribution is -2.43. The maximum absolute atomic E-state index is 12.4. The normalized spacial score (nSPS) is 20.5. The minimum absolute atomic E-state index is 0.0322. The number of nitrogen functional groups attached to an aromatic ring is 1. The van der Waals surface area contributed by atoms with Gasteiger partial charge in [0, 0.05) is 12.6 Å². The van der Waals surface area contributed by atoms with Gasteiger partial charge in [-0.1, -0.05) is 13.3 Å². The summed E-state index contributed by atoms with van der Waals surface area (Å²) in [6.07, 6.45) is 3.70. The molecule has 1 aliphatic rings. The number of hydrogen-bond donors (Lipinski definition) is 1. The van der Waals surface area contributed by atoms with Gasteiger partial charge in [-0.2, -0.15) is 0 Å². The van der Waals surface area contributed by atoms with Gasteiger partial charge < -0.3 is 10.6 Å². The molecule has 9 heteroatoms. The summed E-state index contributed by atoms with van der Waals surface area (Å²) in [6.45, 7) is 2.64. The highest BCUT2D eigenvalue weighted by Gasteiger charge is 2.34. The molecule has 1 amide bonds. The van der Waals surface area contributed by atoms with Crippen molar-refractivity contribution in [2.24, 2.45) is 0 Å². The first-order valence-corrected chi connectivity index (χ1v) is 8.88.